The first-order chi connectivity index (χ1) is 11.8. The summed E-state index contributed by atoms with van der Waals surface area (Å²) in [5.41, 5.74) is 1.83. The molecule has 2 nitrogen and oxygen atoms in total. The van der Waals surface area contributed by atoms with E-state index in [0.29, 0.717) is 0 Å². The number of nitrogens with zero attached hydrogens (tertiary/aromatic N) is 2. The summed E-state index contributed by atoms with van der Waals surface area (Å²) in [5.74, 6) is 2.72. The molecule has 0 radical (unpaired) electrons. The average molecular weight is 322 g/mol. The Balaban J connectivity index is 1.20. The van der Waals surface area contributed by atoms with Crippen molar-refractivity contribution in [3.05, 3.63) is 35.9 Å². The van der Waals surface area contributed by atoms with E-state index < -0.39 is 0 Å². The minimum absolute atomic E-state index is 0.272. The molecule has 1 aromatic rings. The van der Waals surface area contributed by atoms with Gasteiger partial charge < -0.3 is 0 Å². The molecule has 0 spiro atoms. The molecule has 4 rings (SSSR count). The van der Waals surface area contributed by atoms with Crippen LogP contribution >= 0.6 is 0 Å². The number of piperidine rings is 1. The molecule has 2 aliphatic carbocycles. The Morgan fingerprint density at radius 1 is 1.08 bits per heavy atom. The quantitative estimate of drug-likeness (QED) is 0.727. The van der Waals surface area contributed by atoms with Crippen molar-refractivity contribution >= 4 is 0 Å². The lowest BCUT2D eigenvalue weighted by Crippen LogP contribution is -2.56. The molecule has 0 N–H and O–H groups in total. The number of hydrogen-bond acceptors (Lipinski definition) is 2. The maximum absolute atomic E-state index is 9.14. The minimum atomic E-state index is 0.272. The fourth-order valence-corrected chi connectivity index (χ4v) is 5.16. The molecule has 2 saturated carbocycles. The largest absolute Gasteiger partial charge is 0.297 e. The third-order valence-corrected chi connectivity index (χ3v) is 7.07. The van der Waals surface area contributed by atoms with Gasteiger partial charge in [0.15, 0.2) is 0 Å². The Hall–Kier alpha value is -1.33. The summed E-state index contributed by atoms with van der Waals surface area (Å²) in [5, 5.41) is 9.14. The van der Waals surface area contributed by atoms with Gasteiger partial charge >= 0.3 is 0 Å². The van der Waals surface area contributed by atoms with Crippen LogP contribution in [0.25, 0.3) is 0 Å². The van der Waals surface area contributed by atoms with E-state index in [2.05, 4.69) is 41.3 Å². The zero-order valence-electron chi connectivity index (χ0n) is 14.8. The van der Waals surface area contributed by atoms with Crippen LogP contribution in [-0.4, -0.2) is 23.5 Å². The molecule has 1 saturated heterocycles. The van der Waals surface area contributed by atoms with E-state index in [1.807, 2.05) is 0 Å². The van der Waals surface area contributed by atoms with Crippen LogP contribution in [0.2, 0.25) is 0 Å². The molecule has 1 heterocycles. The Morgan fingerprint density at radius 3 is 2.46 bits per heavy atom. The lowest BCUT2D eigenvalue weighted by Gasteiger charge is -2.51. The Labute approximate surface area is 146 Å². The molecule has 0 bridgehead atoms. The summed E-state index contributed by atoms with van der Waals surface area (Å²) in [7, 11) is 0. The highest BCUT2D eigenvalue weighted by Gasteiger charge is 2.43. The van der Waals surface area contributed by atoms with Crippen molar-refractivity contribution in [2.75, 3.05) is 13.1 Å². The first kappa shape index (κ1) is 16.2. The molecule has 1 aliphatic heterocycles. The molecule has 128 valence electrons. The van der Waals surface area contributed by atoms with Crippen LogP contribution in [0.3, 0.4) is 0 Å². The second-order valence-electron chi connectivity index (χ2n) is 8.43. The van der Waals surface area contributed by atoms with E-state index in [9.17, 15) is 0 Å². The second-order valence-corrected chi connectivity index (χ2v) is 8.43. The van der Waals surface area contributed by atoms with Gasteiger partial charge in [0.1, 0.15) is 0 Å². The summed E-state index contributed by atoms with van der Waals surface area (Å²) < 4.78 is 0. The van der Waals surface area contributed by atoms with Crippen LogP contribution in [0.4, 0.5) is 0 Å². The van der Waals surface area contributed by atoms with Gasteiger partial charge in [0.2, 0.25) is 0 Å². The van der Waals surface area contributed by atoms with Crippen molar-refractivity contribution in [2.45, 2.75) is 69.2 Å². The van der Waals surface area contributed by atoms with Gasteiger partial charge in [-0.1, -0.05) is 36.8 Å². The smallest absolute Gasteiger partial charge is 0.0641 e. The van der Waals surface area contributed by atoms with Crippen molar-refractivity contribution in [3.63, 3.8) is 0 Å². The third kappa shape index (κ3) is 3.24. The molecule has 2 atom stereocenters. The highest BCUT2D eigenvalue weighted by molar-refractivity contribution is 5.25. The predicted octanol–water partition coefficient (Wildman–Crippen LogP) is 5.12. The van der Waals surface area contributed by atoms with Gasteiger partial charge in [0, 0.05) is 5.54 Å². The van der Waals surface area contributed by atoms with Crippen molar-refractivity contribution in [1.82, 2.24) is 4.90 Å². The predicted molar refractivity (Wildman–Crippen MR) is 97.6 cm³/mol. The SMILES string of the molecule is N#CCC1(N2CCC(CCC3CC3c3ccccc3)CC2)CCC1. The summed E-state index contributed by atoms with van der Waals surface area (Å²) in [6, 6.07) is 13.5. The van der Waals surface area contributed by atoms with E-state index in [4.69, 9.17) is 5.26 Å². The number of likely N-dealkylation sites (tertiary alicyclic amines) is 1. The molecule has 0 aromatic heterocycles. The number of benzene rings is 1. The van der Waals surface area contributed by atoms with Crippen LogP contribution in [0.15, 0.2) is 30.3 Å². The summed E-state index contributed by atoms with van der Waals surface area (Å²) in [4.78, 5) is 2.67. The van der Waals surface area contributed by atoms with Crippen LogP contribution in [-0.2, 0) is 0 Å². The van der Waals surface area contributed by atoms with Gasteiger partial charge in [-0.2, -0.15) is 5.26 Å². The first-order valence-electron chi connectivity index (χ1n) is 9.98. The van der Waals surface area contributed by atoms with E-state index in [-0.39, 0.29) is 5.54 Å². The van der Waals surface area contributed by atoms with Crippen molar-refractivity contribution in [2.24, 2.45) is 11.8 Å². The van der Waals surface area contributed by atoms with E-state index >= 15 is 0 Å². The molecule has 24 heavy (non-hydrogen) atoms. The Morgan fingerprint density at radius 2 is 1.83 bits per heavy atom. The van der Waals surface area contributed by atoms with Crippen LogP contribution in [0.5, 0.6) is 0 Å². The van der Waals surface area contributed by atoms with E-state index in [1.165, 1.54) is 64.5 Å². The van der Waals surface area contributed by atoms with Gasteiger partial charge in [0.05, 0.1) is 12.5 Å². The van der Waals surface area contributed by atoms with Crippen LogP contribution in [0.1, 0.15) is 69.3 Å². The molecule has 2 unspecified atom stereocenters. The van der Waals surface area contributed by atoms with Gasteiger partial charge in [-0.25, -0.2) is 0 Å². The van der Waals surface area contributed by atoms with Crippen LogP contribution < -0.4 is 0 Å². The van der Waals surface area contributed by atoms with Gasteiger partial charge in [-0.15, -0.1) is 0 Å². The lowest BCUT2D eigenvalue weighted by atomic mass is 9.72. The molecule has 0 amide bonds. The minimum Gasteiger partial charge on any atom is -0.297 e. The zero-order valence-corrected chi connectivity index (χ0v) is 14.8. The summed E-state index contributed by atoms with van der Waals surface area (Å²) in [6.45, 7) is 2.47. The Bertz CT molecular complexity index is 576. The van der Waals surface area contributed by atoms with Gasteiger partial charge in [-0.05, 0) is 81.4 Å². The van der Waals surface area contributed by atoms with Crippen molar-refractivity contribution in [3.8, 4) is 6.07 Å². The lowest BCUT2D eigenvalue weighted by molar-refractivity contribution is -0.00645. The first-order valence-corrected chi connectivity index (χ1v) is 9.98. The molecular formula is C22H30N2. The Kier molecular flexibility index (Phi) is 4.63. The van der Waals surface area contributed by atoms with Crippen molar-refractivity contribution in [1.29, 1.82) is 5.26 Å². The van der Waals surface area contributed by atoms with Gasteiger partial charge in [-0.3, -0.25) is 4.90 Å². The highest BCUT2D eigenvalue weighted by Crippen LogP contribution is 2.51. The molecular weight excluding hydrogens is 292 g/mol. The third-order valence-electron chi connectivity index (χ3n) is 7.07. The highest BCUT2D eigenvalue weighted by atomic mass is 15.2. The fraction of sp³-hybridized carbons (Fsp3) is 0.682. The monoisotopic (exact) mass is 322 g/mol. The summed E-state index contributed by atoms with van der Waals surface area (Å²) >= 11 is 0. The maximum Gasteiger partial charge on any atom is 0.0641 e. The number of hydrogen-bond donors (Lipinski definition) is 0. The topological polar surface area (TPSA) is 27.0 Å². The second kappa shape index (κ2) is 6.89. The summed E-state index contributed by atoms with van der Waals surface area (Å²) in [6.07, 6.45) is 11.6. The van der Waals surface area contributed by atoms with E-state index in [0.717, 1.165) is 24.2 Å². The van der Waals surface area contributed by atoms with Crippen molar-refractivity contribution < 1.29 is 0 Å². The number of rotatable bonds is 6. The maximum atomic E-state index is 9.14. The van der Waals surface area contributed by atoms with Crippen LogP contribution in [0, 0.1) is 23.2 Å². The average Bonchev–Trinajstić information content (AvgIpc) is 3.37. The molecule has 3 aliphatic rings. The zero-order chi connectivity index (χ0) is 16.4. The molecule has 3 fully saturated rings. The molecule has 2 heteroatoms. The molecule has 1 aromatic carbocycles. The standard InChI is InChI=1S/C22H30N2/c23-14-13-22(11-4-12-22)24-15-9-18(10-16-24)7-8-20-17-21(20)19-5-2-1-3-6-19/h1-3,5-6,18,20-21H,4,7-13,15-17H2. The number of nitriles is 1. The fourth-order valence-electron chi connectivity index (χ4n) is 5.16. The van der Waals surface area contributed by atoms with E-state index in [1.54, 1.807) is 5.56 Å². The van der Waals surface area contributed by atoms with Gasteiger partial charge in [0.25, 0.3) is 0 Å². The normalized spacial score (nSPS) is 29.6.